The zero-order valence-corrected chi connectivity index (χ0v) is 20.1. The third-order valence-corrected chi connectivity index (χ3v) is 6.41. The highest BCUT2D eigenvalue weighted by Gasteiger charge is 2.24. The molecule has 4 rings (SSSR count). The summed E-state index contributed by atoms with van der Waals surface area (Å²) in [6.45, 7) is 3.84. The van der Waals surface area contributed by atoms with E-state index in [9.17, 15) is 0 Å². The number of thiophene rings is 1. The van der Waals surface area contributed by atoms with Crippen LogP contribution in [0.1, 0.15) is 29.6 Å². The van der Waals surface area contributed by atoms with Crippen LogP contribution in [0.15, 0.2) is 46.8 Å². The van der Waals surface area contributed by atoms with Gasteiger partial charge in [0.25, 0.3) is 0 Å². The number of likely N-dealkylation sites (tertiary alicyclic amines) is 1. The number of benzene rings is 1. The second-order valence-electron chi connectivity index (χ2n) is 7.16. The first-order valence-corrected chi connectivity index (χ1v) is 10.8. The van der Waals surface area contributed by atoms with Gasteiger partial charge in [-0.2, -0.15) is 0 Å². The number of guanidine groups is 1. The van der Waals surface area contributed by atoms with Crippen molar-refractivity contribution in [1.29, 1.82) is 0 Å². The molecular formula is C21H29IN6S. The van der Waals surface area contributed by atoms with Crippen LogP contribution in [0.4, 0.5) is 0 Å². The van der Waals surface area contributed by atoms with Crippen LogP contribution in [0.25, 0.3) is 11.0 Å². The molecule has 0 spiro atoms. The third kappa shape index (κ3) is 5.10. The van der Waals surface area contributed by atoms with Crippen LogP contribution in [-0.4, -0.2) is 47.1 Å². The molecule has 156 valence electrons. The van der Waals surface area contributed by atoms with Crippen LogP contribution in [0.2, 0.25) is 0 Å². The van der Waals surface area contributed by atoms with Crippen LogP contribution >= 0.6 is 35.3 Å². The van der Waals surface area contributed by atoms with Crippen molar-refractivity contribution < 1.29 is 0 Å². The van der Waals surface area contributed by atoms with Gasteiger partial charge in [0.05, 0.1) is 23.6 Å². The number of halogens is 1. The molecule has 3 heterocycles. The molecule has 1 aromatic carbocycles. The fourth-order valence-electron chi connectivity index (χ4n) is 3.87. The molecule has 8 heteroatoms. The second kappa shape index (κ2) is 10.4. The van der Waals surface area contributed by atoms with E-state index in [1.165, 1.54) is 30.8 Å². The van der Waals surface area contributed by atoms with E-state index < -0.39 is 0 Å². The number of para-hydroxylation sites is 2. The van der Waals surface area contributed by atoms with E-state index in [4.69, 9.17) is 4.98 Å². The van der Waals surface area contributed by atoms with Crippen molar-refractivity contribution in [3.8, 4) is 0 Å². The summed E-state index contributed by atoms with van der Waals surface area (Å²) in [4.78, 5) is 13.1. The van der Waals surface area contributed by atoms with Crippen LogP contribution in [0.5, 0.6) is 0 Å². The summed E-state index contributed by atoms with van der Waals surface area (Å²) in [5.41, 5.74) is 2.17. The predicted molar refractivity (Wildman–Crippen MR) is 132 cm³/mol. The summed E-state index contributed by atoms with van der Waals surface area (Å²) < 4.78 is 2.13. The van der Waals surface area contributed by atoms with Gasteiger partial charge in [-0.25, -0.2) is 4.98 Å². The number of hydrogen-bond donors (Lipinski definition) is 2. The summed E-state index contributed by atoms with van der Waals surface area (Å²) >= 11 is 1.84. The molecule has 1 unspecified atom stereocenters. The number of fused-ring (bicyclic) bond motifs is 1. The first kappa shape index (κ1) is 22.0. The molecule has 1 fully saturated rings. The number of aliphatic imine (C=N–C) groups is 1. The first-order valence-electron chi connectivity index (χ1n) is 9.88. The zero-order chi connectivity index (χ0) is 19.3. The Hall–Kier alpha value is -1.65. The van der Waals surface area contributed by atoms with Crippen LogP contribution in [0.3, 0.4) is 0 Å². The Morgan fingerprint density at radius 2 is 1.97 bits per heavy atom. The van der Waals surface area contributed by atoms with Crippen molar-refractivity contribution in [1.82, 2.24) is 25.1 Å². The van der Waals surface area contributed by atoms with Gasteiger partial charge in [-0.05, 0) is 49.5 Å². The second-order valence-corrected chi connectivity index (χ2v) is 8.14. The minimum Gasteiger partial charge on any atom is -0.354 e. The molecule has 0 aliphatic carbocycles. The van der Waals surface area contributed by atoms with Crippen molar-refractivity contribution >= 4 is 52.3 Å². The summed E-state index contributed by atoms with van der Waals surface area (Å²) in [6, 6.07) is 13.0. The molecule has 2 N–H and O–H groups in total. The molecule has 0 radical (unpaired) electrons. The van der Waals surface area contributed by atoms with Gasteiger partial charge in [0.1, 0.15) is 5.82 Å². The minimum atomic E-state index is 0. The highest BCUT2D eigenvalue weighted by molar-refractivity contribution is 14.0. The Bertz CT molecular complexity index is 930. The van der Waals surface area contributed by atoms with Crippen molar-refractivity contribution in [3.63, 3.8) is 0 Å². The number of rotatable bonds is 6. The topological polar surface area (TPSA) is 57.5 Å². The van der Waals surface area contributed by atoms with Gasteiger partial charge >= 0.3 is 0 Å². The van der Waals surface area contributed by atoms with E-state index >= 15 is 0 Å². The minimum absolute atomic E-state index is 0. The molecule has 1 atom stereocenters. The van der Waals surface area contributed by atoms with Gasteiger partial charge in [-0.1, -0.05) is 18.2 Å². The van der Waals surface area contributed by atoms with E-state index in [-0.39, 0.29) is 24.0 Å². The normalized spacial score (nSPS) is 16.0. The van der Waals surface area contributed by atoms with Crippen LogP contribution < -0.4 is 10.6 Å². The number of imidazole rings is 1. The SMILES string of the molecule is CN=C(NCc1nc2ccccc2n1C)NCC(c1cccs1)N1CCCC1.I. The summed E-state index contributed by atoms with van der Waals surface area (Å²) in [6.07, 6.45) is 2.59. The monoisotopic (exact) mass is 524 g/mol. The van der Waals surface area contributed by atoms with E-state index in [0.717, 1.165) is 29.4 Å². The summed E-state index contributed by atoms with van der Waals surface area (Å²) in [5.74, 6) is 1.81. The molecular weight excluding hydrogens is 495 g/mol. The van der Waals surface area contributed by atoms with Crippen molar-refractivity contribution in [3.05, 3.63) is 52.5 Å². The van der Waals surface area contributed by atoms with Crippen LogP contribution in [-0.2, 0) is 13.6 Å². The molecule has 29 heavy (non-hydrogen) atoms. The van der Waals surface area contributed by atoms with Crippen molar-refractivity contribution in [2.45, 2.75) is 25.4 Å². The third-order valence-electron chi connectivity index (χ3n) is 5.43. The summed E-state index contributed by atoms with van der Waals surface area (Å²) in [7, 11) is 3.88. The quantitative estimate of drug-likeness (QED) is 0.293. The maximum atomic E-state index is 4.73. The fourth-order valence-corrected chi connectivity index (χ4v) is 4.73. The molecule has 6 nitrogen and oxygen atoms in total. The maximum Gasteiger partial charge on any atom is 0.191 e. The number of nitrogens with zero attached hydrogens (tertiary/aromatic N) is 4. The lowest BCUT2D eigenvalue weighted by atomic mass is 10.2. The van der Waals surface area contributed by atoms with E-state index in [1.54, 1.807) is 0 Å². The lowest BCUT2D eigenvalue weighted by Crippen LogP contribution is -2.42. The molecule has 1 saturated heterocycles. The molecule has 0 saturated carbocycles. The Labute approximate surface area is 193 Å². The standard InChI is InChI=1S/C21H28N6S.HI/c1-22-21(24-15-20-25-16-8-3-4-9-17(16)26(20)2)23-14-18(19-10-7-13-28-19)27-11-5-6-12-27;/h3-4,7-10,13,18H,5-6,11-12,14-15H2,1-2H3,(H2,22,23,24);1H. The average Bonchev–Trinajstić information content (AvgIpc) is 3.48. The highest BCUT2D eigenvalue weighted by Crippen LogP contribution is 2.27. The lowest BCUT2D eigenvalue weighted by Gasteiger charge is -2.27. The maximum absolute atomic E-state index is 4.73. The zero-order valence-electron chi connectivity index (χ0n) is 17.0. The van der Waals surface area contributed by atoms with Crippen molar-refractivity contribution in [2.75, 3.05) is 26.7 Å². The number of aromatic nitrogens is 2. The van der Waals surface area contributed by atoms with Gasteiger partial charge in [0.2, 0.25) is 0 Å². The molecule has 1 aliphatic rings. The Morgan fingerprint density at radius 1 is 1.17 bits per heavy atom. The number of hydrogen-bond acceptors (Lipinski definition) is 4. The van der Waals surface area contributed by atoms with Crippen molar-refractivity contribution in [2.24, 2.45) is 12.0 Å². The van der Waals surface area contributed by atoms with Gasteiger partial charge in [0.15, 0.2) is 5.96 Å². The molecule has 0 amide bonds. The predicted octanol–water partition coefficient (Wildman–Crippen LogP) is 3.75. The summed E-state index contributed by atoms with van der Waals surface area (Å²) in [5, 5.41) is 9.11. The van der Waals surface area contributed by atoms with Gasteiger partial charge < -0.3 is 15.2 Å². The van der Waals surface area contributed by atoms with E-state index in [2.05, 4.69) is 55.7 Å². The van der Waals surface area contributed by atoms with E-state index in [0.29, 0.717) is 12.6 Å². The smallest absolute Gasteiger partial charge is 0.191 e. The Kier molecular flexibility index (Phi) is 7.91. The fraction of sp³-hybridized carbons (Fsp3) is 0.429. The average molecular weight is 524 g/mol. The van der Waals surface area contributed by atoms with E-state index in [1.807, 2.05) is 36.6 Å². The van der Waals surface area contributed by atoms with Gasteiger partial charge in [-0.3, -0.25) is 9.89 Å². The number of nitrogens with one attached hydrogen (secondary N) is 2. The molecule has 2 aromatic heterocycles. The Morgan fingerprint density at radius 3 is 2.66 bits per heavy atom. The van der Waals surface area contributed by atoms with Gasteiger partial charge in [-0.15, -0.1) is 35.3 Å². The first-order chi connectivity index (χ1) is 13.8. The molecule has 0 bridgehead atoms. The lowest BCUT2D eigenvalue weighted by molar-refractivity contribution is 0.249. The molecule has 1 aliphatic heterocycles. The highest BCUT2D eigenvalue weighted by atomic mass is 127. The largest absolute Gasteiger partial charge is 0.354 e. The molecule has 3 aromatic rings. The number of aryl methyl sites for hydroxylation is 1. The van der Waals surface area contributed by atoms with Crippen LogP contribution in [0, 0.1) is 0 Å². The van der Waals surface area contributed by atoms with Gasteiger partial charge in [0, 0.05) is 25.5 Å². The Balaban J connectivity index is 0.00000240.